The van der Waals surface area contributed by atoms with E-state index in [2.05, 4.69) is 15.9 Å². The Morgan fingerprint density at radius 1 is 1.50 bits per heavy atom. The minimum absolute atomic E-state index is 0.0238. The van der Waals surface area contributed by atoms with Crippen LogP contribution in [-0.4, -0.2) is 5.11 Å². The highest BCUT2D eigenvalue weighted by atomic mass is 79.9. The zero-order chi connectivity index (χ0) is 10.3. The molecule has 2 rings (SSSR count). The molecular weight excluding hydrogens is 242 g/mol. The molecule has 0 aromatic heterocycles. The molecular formula is C11H14BrNO. The molecule has 1 aromatic carbocycles. The smallest absolute Gasteiger partial charge is 0.124 e. The lowest BCUT2D eigenvalue weighted by atomic mass is 10.00. The lowest BCUT2D eigenvalue weighted by Crippen LogP contribution is -2.13. The molecule has 1 fully saturated rings. The van der Waals surface area contributed by atoms with Crippen LogP contribution < -0.4 is 5.73 Å². The first-order valence-electron chi connectivity index (χ1n) is 4.85. The normalized spacial score (nSPS) is 18.2. The molecule has 0 amide bonds. The highest BCUT2D eigenvalue weighted by Gasteiger charge is 2.32. The SMILES string of the molecule is Cc1ccc(Br)c(C(N)C2CC2)c1O. The van der Waals surface area contributed by atoms with Crippen molar-refractivity contribution < 1.29 is 5.11 Å². The fourth-order valence-corrected chi connectivity index (χ4v) is 2.28. The standard InChI is InChI=1S/C11H14BrNO/c1-6-2-5-8(12)9(11(6)14)10(13)7-3-4-7/h2,5,7,10,14H,3-4,13H2,1H3. The van der Waals surface area contributed by atoms with Gasteiger partial charge < -0.3 is 10.8 Å². The van der Waals surface area contributed by atoms with Gasteiger partial charge in [-0.1, -0.05) is 22.0 Å². The molecule has 0 saturated heterocycles. The molecule has 0 radical (unpaired) electrons. The Labute approximate surface area is 92.3 Å². The Bertz CT molecular complexity index is 361. The van der Waals surface area contributed by atoms with Gasteiger partial charge in [-0.15, -0.1) is 0 Å². The zero-order valence-corrected chi connectivity index (χ0v) is 9.71. The highest BCUT2D eigenvalue weighted by Crippen LogP contribution is 2.45. The number of aromatic hydroxyl groups is 1. The summed E-state index contributed by atoms with van der Waals surface area (Å²) >= 11 is 3.44. The van der Waals surface area contributed by atoms with Crippen molar-refractivity contribution in [1.82, 2.24) is 0 Å². The Kier molecular flexibility index (Phi) is 2.54. The topological polar surface area (TPSA) is 46.2 Å². The summed E-state index contributed by atoms with van der Waals surface area (Å²) in [6, 6.07) is 3.82. The van der Waals surface area contributed by atoms with Crippen molar-refractivity contribution in [3.63, 3.8) is 0 Å². The van der Waals surface area contributed by atoms with Gasteiger partial charge in [-0.05, 0) is 37.3 Å². The average Bonchev–Trinajstić information content (AvgIpc) is 2.95. The molecule has 0 heterocycles. The predicted octanol–water partition coefficient (Wildman–Crippen LogP) is 2.87. The molecule has 1 unspecified atom stereocenters. The van der Waals surface area contributed by atoms with Crippen molar-refractivity contribution in [3.05, 3.63) is 27.7 Å². The number of hydrogen-bond acceptors (Lipinski definition) is 2. The van der Waals surface area contributed by atoms with Crippen molar-refractivity contribution in [2.45, 2.75) is 25.8 Å². The molecule has 2 nitrogen and oxygen atoms in total. The van der Waals surface area contributed by atoms with E-state index in [1.54, 1.807) is 0 Å². The number of benzene rings is 1. The number of phenols is 1. The maximum atomic E-state index is 9.92. The van der Waals surface area contributed by atoms with Crippen LogP contribution in [0.3, 0.4) is 0 Å². The Balaban J connectivity index is 2.43. The third-order valence-electron chi connectivity index (χ3n) is 2.83. The van der Waals surface area contributed by atoms with Crippen LogP contribution in [0.5, 0.6) is 5.75 Å². The zero-order valence-electron chi connectivity index (χ0n) is 8.13. The van der Waals surface area contributed by atoms with Crippen LogP contribution in [0.15, 0.2) is 16.6 Å². The first-order chi connectivity index (χ1) is 6.61. The van der Waals surface area contributed by atoms with Gasteiger partial charge in [-0.3, -0.25) is 0 Å². The molecule has 3 N–H and O–H groups in total. The van der Waals surface area contributed by atoms with E-state index in [9.17, 15) is 5.11 Å². The van der Waals surface area contributed by atoms with Crippen molar-refractivity contribution >= 4 is 15.9 Å². The lowest BCUT2D eigenvalue weighted by molar-refractivity contribution is 0.451. The molecule has 0 aliphatic heterocycles. The van der Waals surface area contributed by atoms with Gasteiger partial charge in [-0.25, -0.2) is 0 Å². The van der Waals surface area contributed by atoms with Crippen molar-refractivity contribution in [1.29, 1.82) is 0 Å². The second-order valence-electron chi connectivity index (χ2n) is 3.99. The number of hydrogen-bond donors (Lipinski definition) is 2. The van der Waals surface area contributed by atoms with E-state index in [0.29, 0.717) is 11.7 Å². The summed E-state index contributed by atoms with van der Waals surface area (Å²) in [5.74, 6) is 0.901. The molecule has 3 heteroatoms. The number of rotatable bonds is 2. The molecule has 1 aliphatic rings. The van der Waals surface area contributed by atoms with Gasteiger partial charge in [0.15, 0.2) is 0 Å². The molecule has 1 aromatic rings. The first-order valence-corrected chi connectivity index (χ1v) is 5.64. The number of aryl methyl sites for hydroxylation is 1. The van der Waals surface area contributed by atoms with Crippen molar-refractivity contribution in [2.75, 3.05) is 0 Å². The molecule has 0 spiro atoms. The van der Waals surface area contributed by atoms with Gasteiger partial charge in [0.1, 0.15) is 5.75 Å². The van der Waals surface area contributed by atoms with Gasteiger partial charge >= 0.3 is 0 Å². The quantitative estimate of drug-likeness (QED) is 0.854. The summed E-state index contributed by atoms with van der Waals surface area (Å²) in [6.07, 6.45) is 2.36. The van der Waals surface area contributed by atoms with E-state index in [1.165, 1.54) is 12.8 Å². The maximum absolute atomic E-state index is 9.92. The van der Waals surface area contributed by atoms with Crippen molar-refractivity contribution in [3.8, 4) is 5.75 Å². The second-order valence-corrected chi connectivity index (χ2v) is 4.84. The predicted molar refractivity (Wildman–Crippen MR) is 60.2 cm³/mol. The van der Waals surface area contributed by atoms with Crippen molar-refractivity contribution in [2.24, 2.45) is 11.7 Å². The number of nitrogens with two attached hydrogens (primary N) is 1. The molecule has 76 valence electrons. The highest BCUT2D eigenvalue weighted by molar-refractivity contribution is 9.10. The van der Waals surface area contributed by atoms with Crippen LogP contribution in [0.4, 0.5) is 0 Å². The van der Waals surface area contributed by atoms with Gasteiger partial charge in [0.2, 0.25) is 0 Å². The Morgan fingerprint density at radius 2 is 2.14 bits per heavy atom. The first kappa shape index (κ1) is 9.99. The fourth-order valence-electron chi connectivity index (χ4n) is 1.70. The van der Waals surface area contributed by atoms with Gasteiger partial charge in [0.25, 0.3) is 0 Å². The molecule has 1 atom stereocenters. The van der Waals surface area contributed by atoms with Crippen LogP contribution in [0, 0.1) is 12.8 Å². The largest absolute Gasteiger partial charge is 0.507 e. The lowest BCUT2D eigenvalue weighted by Gasteiger charge is -2.16. The van der Waals surface area contributed by atoms with Crippen LogP contribution >= 0.6 is 15.9 Å². The van der Waals surface area contributed by atoms with E-state index in [1.807, 2.05) is 19.1 Å². The number of halogens is 1. The minimum atomic E-state index is -0.0238. The summed E-state index contributed by atoms with van der Waals surface area (Å²) in [4.78, 5) is 0. The van der Waals surface area contributed by atoms with Crippen LogP contribution in [0.1, 0.15) is 30.0 Å². The molecule has 14 heavy (non-hydrogen) atoms. The van der Waals surface area contributed by atoms with Crippen LogP contribution in [0.2, 0.25) is 0 Å². The molecule has 1 saturated carbocycles. The third-order valence-corrected chi connectivity index (χ3v) is 3.52. The average molecular weight is 256 g/mol. The molecule has 0 bridgehead atoms. The third kappa shape index (κ3) is 1.66. The second kappa shape index (κ2) is 3.55. The van der Waals surface area contributed by atoms with E-state index in [0.717, 1.165) is 15.6 Å². The summed E-state index contributed by atoms with van der Waals surface area (Å²) < 4.78 is 0.917. The number of phenolic OH excluding ortho intramolecular Hbond substituents is 1. The molecule has 1 aliphatic carbocycles. The summed E-state index contributed by atoms with van der Waals surface area (Å²) in [7, 11) is 0. The van der Waals surface area contributed by atoms with E-state index < -0.39 is 0 Å². The Hall–Kier alpha value is -0.540. The van der Waals surface area contributed by atoms with Gasteiger partial charge in [0, 0.05) is 16.1 Å². The van der Waals surface area contributed by atoms with Gasteiger partial charge in [0.05, 0.1) is 0 Å². The summed E-state index contributed by atoms with van der Waals surface area (Å²) in [6.45, 7) is 1.89. The Morgan fingerprint density at radius 3 is 2.71 bits per heavy atom. The minimum Gasteiger partial charge on any atom is -0.507 e. The van der Waals surface area contributed by atoms with E-state index >= 15 is 0 Å². The van der Waals surface area contributed by atoms with E-state index in [-0.39, 0.29) is 6.04 Å². The van der Waals surface area contributed by atoms with Gasteiger partial charge in [-0.2, -0.15) is 0 Å². The van der Waals surface area contributed by atoms with Crippen LogP contribution in [-0.2, 0) is 0 Å². The summed E-state index contributed by atoms with van der Waals surface area (Å²) in [5.41, 5.74) is 7.84. The van der Waals surface area contributed by atoms with Crippen LogP contribution in [0.25, 0.3) is 0 Å². The van der Waals surface area contributed by atoms with E-state index in [4.69, 9.17) is 5.73 Å². The monoisotopic (exact) mass is 255 g/mol. The maximum Gasteiger partial charge on any atom is 0.124 e. The summed E-state index contributed by atoms with van der Waals surface area (Å²) in [5, 5.41) is 9.92. The fraction of sp³-hybridized carbons (Fsp3) is 0.455.